The minimum absolute atomic E-state index is 0.134. The molecule has 1 amide bonds. The van der Waals surface area contributed by atoms with Crippen LogP contribution in [0.15, 0.2) is 35.7 Å². The number of primary amides is 1. The quantitative estimate of drug-likeness (QED) is 0.759. The second-order valence-electron chi connectivity index (χ2n) is 3.55. The molecule has 1 heterocycles. The molecule has 98 valence electrons. The molecule has 8 nitrogen and oxygen atoms in total. The Hall–Kier alpha value is -2.39. The third-order valence-corrected chi connectivity index (χ3v) is 3.27. The third-order valence-electron chi connectivity index (χ3n) is 2.31. The van der Waals surface area contributed by atoms with Gasteiger partial charge in [-0.2, -0.15) is 0 Å². The van der Waals surface area contributed by atoms with E-state index in [1.54, 1.807) is 0 Å². The Balaban J connectivity index is 2.80. The molecule has 2 rings (SSSR count). The van der Waals surface area contributed by atoms with Crippen LogP contribution in [0, 0.1) is 0 Å². The third kappa shape index (κ3) is 2.56. The second-order valence-corrected chi connectivity index (χ2v) is 5.08. The number of aromatic nitrogens is 3. The van der Waals surface area contributed by atoms with Gasteiger partial charge < -0.3 is 5.73 Å². The summed E-state index contributed by atoms with van der Waals surface area (Å²) in [5.74, 6) is -0.797. The lowest BCUT2D eigenvalue weighted by Gasteiger charge is -2.09. The van der Waals surface area contributed by atoms with Gasteiger partial charge in [0.05, 0.1) is 10.5 Å². The molecule has 19 heavy (non-hydrogen) atoms. The predicted molar refractivity (Wildman–Crippen MR) is 65.2 cm³/mol. The highest BCUT2D eigenvalue weighted by Gasteiger charge is 2.22. The van der Waals surface area contributed by atoms with Crippen molar-refractivity contribution in [1.82, 2.24) is 15.0 Å². The lowest BCUT2D eigenvalue weighted by atomic mass is 10.1. The van der Waals surface area contributed by atoms with Gasteiger partial charge in [-0.25, -0.2) is 28.5 Å². The average molecular weight is 279 g/mol. The van der Waals surface area contributed by atoms with Gasteiger partial charge in [0.2, 0.25) is 10.0 Å². The molecule has 1 aromatic heterocycles. The van der Waals surface area contributed by atoms with Crippen molar-refractivity contribution in [2.24, 2.45) is 10.9 Å². The number of hydrogen-bond acceptors (Lipinski definition) is 6. The summed E-state index contributed by atoms with van der Waals surface area (Å²) in [6.07, 6.45) is 2.44. The summed E-state index contributed by atoms with van der Waals surface area (Å²) < 4.78 is 22.9. The molecule has 9 heteroatoms. The molecule has 4 N–H and O–H groups in total. The second kappa shape index (κ2) is 4.71. The Kier molecular flexibility index (Phi) is 3.23. The van der Waals surface area contributed by atoms with Gasteiger partial charge >= 0.3 is 0 Å². The Bertz CT molecular complexity index is 730. The van der Waals surface area contributed by atoms with Crippen LogP contribution in [0.4, 0.5) is 0 Å². The average Bonchev–Trinajstić information content (AvgIpc) is 2.37. The monoisotopic (exact) mass is 279 g/mol. The van der Waals surface area contributed by atoms with Crippen molar-refractivity contribution < 1.29 is 13.2 Å². The lowest BCUT2D eigenvalue weighted by Crippen LogP contribution is -2.21. The normalized spacial score (nSPS) is 11.2. The van der Waals surface area contributed by atoms with Crippen molar-refractivity contribution in [2.45, 2.75) is 4.90 Å². The molecule has 1 aromatic carbocycles. The van der Waals surface area contributed by atoms with Crippen molar-refractivity contribution in [3.05, 3.63) is 36.4 Å². The maximum Gasteiger partial charge on any atom is 0.250 e. The summed E-state index contributed by atoms with van der Waals surface area (Å²) in [5, 5.41) is 5.05. The molecule has 2 aromatic rings. The number of amides is 1. The standard InChI is InChI=1S/C10H9N5O3S/c11-9(16)8-6(10-14-4-13-5-15-10)2-1-3-7(8)19(12,17)18/h1-5H,(H2,11,16)(H2,12,17,18). The maximum atomic E-state index is 11.5. The van der Waals surface area contributed by atoms with Gasteiger partial charge in [0.25, 0.3) is 5.91 Å². The molecule has 0 saturated heterocycles. The summed E-state index contributed by atoms with van der Waals surface area (Å²) >= 11 is 0. The summed E-state index contributed by atoms with van der Waals surface area (Å²) in [7, 11) is -4.08. The minimum Gasteiger partial charge on any atom is -0.366 e. The molecular formula is C10H9N5O3S. The van der Waals surface area contributed by atoms with E-state index in [-0.39, 0.29) is 21.8 Å². The van der Waals surface area contributed by atoms with E-state index in [4.69, 9.17) is 10.9 Å². The van der Waals surface area contributed by atoms with Gasteiger partial charge in [0.1, 0.15) is 12.7 Å². The zero-order valence-corrected chi connectivity index (χ0v) is 10.3. The van der Waals surface area contributed by atoms with Crippen LogP contribution in [0.25, 0.3) is 11.4 Å². The van der Waals surface area contributed by atoms with E-state index in [1.165, 1.54) is 30.9 Å². The Morgan fingerprint density at radius 3 is 2.32 bits per heavy atom. The molecule has 0 aliphatic rings. The van der Waals surface area contributed by atoms with Gasteiger partial charge in [-0.05, 0) is 6.07 Å². The maximum absolute atomic E-state index is 11.5. The van der Waals surface area contributed by atoms with E-state index < -0.39 is 15.9 Å². The minimum atomic E-state index is -4.08. The van der Waals surface area contributed by atoms with Crippen LogP contribution >= 0.6 is 0 Å². The van der Waals surface area contributed by atoms with E-state index in [0.29, 0.717) is 0 Å². The molecule has 0 saturated carbocycles. The number of carbonyl (C=O) groups excluding carboxylic acids is 1. The Morgan fingerprint density at radius 1 is 1.16 bits per heavy atom. The molecule has 0 aliphatic heterocycles. The van der Waals surface area contributed by atoms with Crippen LogP contribution < -0.4 is 10.9 Å². The summed E-state index contributed by atoms with van der Waals surface area (Å²) in [6, 6.07) is 4.09. The lowest BCUT2D eigenvalue weighted by molar-refractivity contribution is 0.0997. The van der Waals surface area contributed by atoms with E-state index in [1.807, 2.05) is 0 Å². The number of primary sulfonamides is 1. The van der Waals surface area contributed by atoms with Gasteiger partial charge in [-0.1, -0.05) is 12.1 Å². The van der Waals surface area contributed by atoms with Crippen LogP contribution in [0.2, 0.25) is 0 Å². The SMILES string of the molecule is NC(=O)c1c(-c2ncncn2)cccc1S(N)(=O)=O. The molecule has 0 radical (unpaired) electrons. The number of nitrogens with two attached hydrogens (primary N) is 2. The number of hydrogen-bond donors (Lipinski definition) is 2. The van der Waals surface area contributed by atoms with Crippen LogP contribution in [-0.4, -0.2) is 29.3 Å². The number of benzene rings is 1. The number of sulfonamides is 1. The van der Waals surface area contributed by atoms with E-state index in [2.05, 4.69) is 15.0 Å². The van der Waals surface area contributed by atoms with E-state index in [9.17, 15) is 13.2 Å². The smallest absolute Gasteiger partial charge is 0.250 e. The van der Waals surface area contributed by atoms with Gasteiger partial charge in [-0.3, -0.25) is 4.79 Å². The predicted octanol–water partition coefficient (Wildman–Crippen LogP) is -0.715. The summed E-state index contributed by atoms with van der Waals surface area (Å²) in [6.45, 7) is 0. The van der Waals surface area contributed by atoms with Crippen molar-refractivity contribution in [2.75, 3.05) is 0 Å². The fourth-order valence-electron chi connectivity index (χ4n) is 1.59. The van der Waals surface area contributed by atoms with Crippen LogP contribution in [0.3, 0.4) is 0 Å². The number of rotatable bonds is 3. The number of carbonyl (C=O) groups is 1. The topological polar surface area (TPSA) is 142 Å². The van der Waals surface area contributed by atoms with Gasteiger partial charge in [0, 0.05) is 5.56 Å². The van der Waals surface area contributed by atoms with Gasteiger partial charge in [0.15, 0.2) is 5.82 Å². The molecular weight excluding hydrogens is 270 g/mol. The Morgan fingerprint density at radius 2 is 1.79 bits per heavy atom. The molecule has 0 atom stereocenters. The van der Waals surface area contributed by atoms with E-state index in [0.717, 1.165) is 0 Å². The number of nitrogens with zero attached hydrogens (tertiary/aromatic N) is 3. The first-order valence-electron chi connectivity index (χ1n) is 4.99. The largest absolute Gasteiger partial charge is 0.366 e. The molecule has 0 bridgehead atoms. The van der Waals surface area contributed by atoms with Crippen LogP contribution in [-0.2, 0) is 10.0 Å². The fourth-order valence-corrected chi connectivity index (χ4v) is 2.35. The van der Waals surface area contributed by atoms with Gasteiger partial charge in [-0.15, -0.1) is 0 Å². The van der Waals surface area contributed by atoms with Crippen molar-refractivity contribution >= 4 is 15.9 Å². The molecule has 0 spiro atoms. The van der Waals surface area contributed by atoms with Crippen LogP contribution in [0.1, 0.15) is 10.4 Å². The Labute approximate surface area is 108 Å². The first kappa shape index (κ1) is 13.1. The molecule has 0 fully saturated rings. The zero-order chi connectivity index (χ0) is 14.0. The zero-order valence-electron chi connectivity index (χ0n) is 9.52. The highest BCUT2D eigenvalue weighted by molar-refractivity contribution is 7.89. The molecule has 0 aliphatic carbocycles. The summed E-state index contributed by atoms with van der Waals surface area (Å²) in [5.41, 5.74) is 5.16. The fraction of sp³-hybridized carbons (Fsp3) is 0. The highest BCUT2D eigenvalue weighted by Crippen LogP contribution is 2.25. The van der Waals surface area contributed by atoms with Crippen molar-refractivity contribution in [1.29, 1.82) is 0 Å². The van der Waals surface area contributed by atoms with Crippen molar-refractivity contribution in [3.8, 4) is 11.4 Å². The van der Waals surface area contributed by atoms with Crippen molar-refractivity contribution in [3.63, 3.8) is 0 Å². The molecule has 0 unspecified atom stereocenters. The van der Waals surface area contributed by atoms with E-state index >= 15 is 0 Å². The summed E-state index contributed by atoms with van der Waals surface area (Å²) in [4.78, 5) is 22.5. The first-order valence-corrected chi connectivity index (χ1v) is 6.54. The highest BCUT2D eigenvalue weighted by atomic mass is 32.2. The van der Waals surface area contributed by atoms with Crippen LogP contribution in [0.5, 0.6) is 0 Å². The first-order chi connectivity index (χ1) is 8.91.